The quantitative estimate of drug-likeness (QED) is 0.809. The first-order valence-corrected chi connectivity index (χ1v) is 4.75. The number of hydrogen-bond donors (Lipinski definition) is 2. The summed E-state index contributed by atoms with van der Waals surface area (Å²) in [5.41, 5.74) is 0.770. The summed E-state index contributed by atoms with van der Waals surface area (Å²) in [5, 5.41) is 11.6. The summed E-state index contributed by atoms with van der Waals surface area (Å²) in [5.74, 6) is 0.217. The zero-order chi connectivity index (χ0) is 11.3. The number of hydrogen-bond acceptors (Lipinski definition) is 3. The highest BCUT2D eigenvalue weighted by atomic mass is 35.5. The van der Waals surface area contributed by atoms with Crippen molar-refractivity contribution < 1.29 is 14.6 Å². The number of aliphatic hydroxyl groups is 1. The second-order valence-corrected chi connectivity index (χ2v) is 3.33. The van der Waals surface area contributed by atoms with Crippen LogP contribution in [0.4, 0.5) is 0 Å². The molecular weight excluding hydrogens is 218 g/mol. The van der Waals surface area contributed by atoms with Gasteiger partial charge in [0, 0.05) is 17.1 Å². The molecule has 1 amide bonds. The lowest BCUT2D eigenvalue weighted by Crippen LogP contribution is -2.25. The Morgan fingerprint density at radius 3 is 2.93 bits per heavy atom. The number of nitrogens with one attached hydrogen (secondary N) is 1. The summed E-state index contributed by atoms with van der Waals surface area (Å²) in [4.78, 5) is 10.8. The first-order valence-electron chi connectivity index (χ1n) is 4.37. The lowest BCUT2D eigenvalue weighted by Gasteiger charge is -2.09. The number of aliphatic hydroxyl groups excluding tert-OH is 1. The highest BCUT2D eigenvalue weighted by Gasteiger charge is 2.05. The smallest absolute Gasteiger partial charge is 0.245 e. The Labute approximate surface area is 92.8 Å². The Balaban J connectivity index is 2.74. The number of carbonyl (C=O) groups is 1. The van der Waals surface area contributed by atoms with Gasteiger partial charge >= 0.3 is 0 Å². The van der Waals surface area contributed by atoms with Gasteiger partial charge in [-0.3, -0.25) is 4.79 Å². The lowest BCUT2D eigenvalue weighted by atomic mass is 10.2. The molecule has 0 bridgehead atoms. The maximum absolute atomic E-state index is 10.8. The van der Waals surface area contributed by atoms with Gasteiger partial charge in [0.25, 0.3) is 0 Å². The molecule has 2 N–H and O–H groups in total. The van der Waals surface area contributed by atoms with Crippen molar-refractivity contribution in [2.24, 2.45) is 0 Å². The molecular formula is C10H12ClNO3. The van der Waals surface area contributed by atoms with Crippen molar-refractivity contribution in [3.8, 4) is 5.75 Å². The second-order valence-electron chi connectivity index (χ2n) is 2.89. The van der Waals surface area contributed by atoms with E-state index in [2.05, 4.69) is 5.32 Å². The van der Waals surface area contributed by atoms with Crippen molar-refractivity contribution in [2.45, 2.75) is 6.54 Å². The van der Waals surface area contributed by atoms with Crippen LogP contribution in [-0.4, -0.2) is 24.7 Å². The van der Waals surface area contributed by atoms with Crippen LogP contribution in [0.1, 0.15) is 5.56 Å². The van der Waals surface area contributed by atoms with E-state index in [9.17, 15) is 4.79 Å². The van der Waals surface area contributed by atoms with Gasteiger partial charge in [0.05, 0.1) is 7.11 Å². The van der Waals surface area contributed by atoms with E-state index < -0.39 is 12.5 Å². The largest absolute Gasteiger partial charge is 0.496 e. The highest BCUT2D eigenvalue weighted by molar-refractivity contribution is 6.30. The van der Waals surface area contributed by atoms with Crippen LogP contribution >= 0.6 is 11.6 Å². The third-order valence-electron chi connectivity index (χ3n) is 1.86. The van der Waals surface area contributed by atoms with Gasteiger partial charge in [0.15, 0.2) is 0 Å². The Kier molecular flexibility index (Phi) is 4.39. The van der Waals surface area contributed by atoms with E-state index in [1.807, 2.05) is 0 Å². The third-order valence-corrected chi connectivity index (χ3v) is 2.10. The molecule has 15 heavy (non-hydrogen) atoms. The van der Waals surface area contributed by atoms with E-state index >= 15 is 0 Å². The molecule has 0 unspecified atom stereocenters. The van der Waals surface area contributed by atoms with Crippen LogP contribution in [-0.2, 0) is 11.3 Å². The first-order chi connectivity index (χ1) is 7.17. The molecule has 0 aromatic heterocycles. The molecule has 1 aromatic carbocycles. The molecule has 0 radical (unpaired) electrons. The Hall–Kier alpha value is -1.26. The fourth-order valence-corrected chi connectivity index (χ4v) is 1.33. The van der Waals surface area contributed by atoms with E-state index in [0.29, 0.717) is 10.8 Å². The zero-order valence-corrected chi connectivity index (χ0v) is 9.04. The van der Waals surface area contributed by atoms with Gasteiger partial charge in [0.2, 0.25) is 5.91 Å². The predicted octanol–water partition coefficient (Wildman–Crippen LogP) is 0.957. The van der Waals surface area contributed by atoms with Crippen molar-refractivity contribution in [1.29, 1.82) is 0 Å². The third kappa shape index (κ3) is 3.42. The summed E-state index contributed by atoms with van der Waals surface area (Å²) < 4.78 is 5.09. The van der Waals surface area contributed by atoms with Gasteiger partial charge in [-0.25, -0.2) is 0 Å². The molecule has 0 fully saturated rings. The van der Waals surface area contributed by atoms with E-state index in [1.165, 1.54) is 0 Å². The standard InChI is InChI=1S/C10H12ClNO3/c1-15-9-3-2-8(11)4-7(9)5-12-10(14)6-13/h2-4,13H,5-6H2,1H3,(H,12,14). The average molecular weight is 230 g/mol. The van der Waals surface area contributed by atoms with Crippen LogP contribution in [0.15, 0.2) is 18.2 Å². The zero-order valence-electron chi connectivity index (χ0n) is 8.29. The maximum atomic E-state index is 10.8. The van der Waals surface area contributed by atoms with Gasteiger partial charge in [-0.05, 0) is 18.2 Å². The Morgan fingerprint density at radius 1 is 1.60 bits per heavy atom. The SMILES string of the molecule is COc1ccc(Cl)cc1CNC(=O)CO. The fraction of sp³-hybridized carbons (Fsp3) is 0.300. The summed E-state index contributed by atoms with van der Waals surface area (Å²) in [6.45, 7) is -0.244. The molecule has 4 nitrogen and oxygen atoms in total. The lowest BCUT2D eigenvalue weighted by molar-refractivity contribution is -0.123. The fourth-order valence-electron chi connectivity index (χ4n) is 1.14. The van der Waals surface area contributed by atoms with E-state index in [4.69, 9.17) is 21.4 Å². The highest BCUT2D eigenvalue weighted by Crippen LogP contribution is 2.22. The van der Waals surface area contributed by atoms with Gasteiger partial charge in [-0.15, -0.1) is 0 Å². The van der Waals surface area contributed by atoms with Crippen LogP contribution in [0, 0.1) is 0 Å². The van der Waals surface area contributed by atoms with Crippen LogP contribution < -0.4 is 10.1 Å². The van der Waals surface area contributed by atoms with Gasteiger partial charge < -0.3 is 15.2 Å². The molecule has 0 saturated carbocycles. The number of rotatable bonds is 4. The molecule has 0 aliphatic rings. The molecule has 82 valence electrons. The predicted molar refractivity (Wildman–Crippen MR) is 56.9 cm³/mol. The number of carbonyl (C=O) groups excluding carboxylic acids is 1. The number of benzene rings is 1. The monoisotopic (exact) mass is 229 g/mol. The normalized spacial score (nSPS) is 9.80. The number of methoxy groups -OCH3 is 1. The molecule has 1 rings (SSSR count). The minimum absolute atomic E-state index is 0.281. The molecule has 0 saturated heterocycles. The van der Waals surface area contributed by atoms with Gasteiger partial charge in [0.1, 0.15) is 12.4 Å². The topological polar surface area (TPSA) is 58.6 Å². The van der Waals surface area contributed by atoms with Crippen molar-refractivity contribution >= 4 is 17.5 Å². The summed E-state index contributed by atoms with van der Waals surface area (Å²) in [6, 6.07) is 5.14. The molecule has 1 aromatic rings. The summed E-state index contributed by atoms with van der Waals surface area (Å²) in [7, 11) is 1.54. The van der Waals surface area contributed by atoms with E-state index in [0.717, 1.165) is 5.56 Å². The van der Waals surface area contributed by atoms with Gasteiger partial charge in [-0.2, -0.15) is 0 Å². The van der Waals surface area contributed by atoms with Crippen LogP contribution in [0.2, 0.25) is 5.02 Å². The minimum atomic E-state index is -0.525. The molecule has 5 heteroatoms. The Bertz CT molecular complexity index is 355. The van der Waals surface area contributed by atoms with Crippen LogP contribution in [0.25, 0.3) is 0 Å². The molecule has 0 atom stereocenters. The summed E-state index contributed by atoms with van der Waals surface area (Å²) >= 11 is 5.81. The first kappa shape index (κ1) is 11.8. The van der Waals surface area contributed by atoms with Gasteiger partial charge in [-0.1, -0.05) is 11.6 Å². The van der Waals surface area contributed by atoms with E-state index in [-0.39, 0.29) is 6.54 Å². The minimum Gasteiger partial charge on any atom is -0.496 e. The molecule has 0 aliphatic heterocycles. The van der Waals surface area contributed by atoms with Crippen LogP contribution in [0.5, 0.6) is 5.75 Å². The van der Waals surface area contributed by atoms with Crippen molar-refractivity contribution in [1.82, 2.24) is 5.32 Å². The molecule has 0 heterocycles. The molecule has 0 aliphatic carbocycles. The van der Waals surface area contributed by atoms with Crippen molar-refractivity contribution in [3.05, 3.63) is 28.8 Å². The number of ether oxygens (including phenoxy) is 1. The molecule has 0 spiro atoms. The maximum Gasteiger partial charge on any atom is 0.245 e. The Morgan fingerprint density at radius 2 is 2.33 bits per heavy atom. The van der Waals surface area contributed by atoms with Crippen LogP contribution in [0.3, 0.4) is 0 Å². The average Bonchev–Trinajstić information content (AvgIpc) is 2.26. The number of amides is 1. The van der Waals surface area contributed by atoms with E-state index in [1.54, 1.807) is 25.3 Å². The van der Waals surface area contributed by atoms with Crippen molar-refractivity contribution in [3.63, 3.8) is 0 Å². The summed E-state index contributed by atoms with van der Waals surface area (Å²) in [6.07, 6.45) is 0. The second kappa shape index (κ2) is 5.58. The number of halogens is 1. The van der Waals surface area contributed by atoms with Crippen molar-refractivity contribution in [2.75, 3.05) is 13.7 Å².